The Morgan fingerprint density at radius 3 is 2.79 bits per heavy atom. The molecule has 1 saturated heterocycles. The second kappa shape index (κ2) is 6.73. The zero-order valence-electron chi connectivity index (χ0n) is 17.0. The lowest BCUT2D eigenvalue weighted by molar-refractivity contribution is 0.0358. The van der Waals surface area contributed by atoms with Crippen molar-refractivity contribution in [2.75, 3.05) is 27.2 Å². The third-order valence-corrected chi connectivity index (χ3v) is 5.40. The van der Waals surface area contributed by atoms with Gasteiger partial charge >= 0.3 is 0 Å². The highest BCUT2D eigenvalue weighted by Gasteiger charge is 2.26. The normalized spacial score (nSPS) is 15.3. The van der Waals surface area contributed by atoms with Crippen molar-refractivity contribution in [1.82, 2.24) is 29.5 Å². The van der Waals surface area contributed by atoms with Crippen LogP contribution in [0.5, 0.6) is 11.6 Å². The zero-order valence-corrected chi connectivity index (χ0v) is 17.0. The minimum absolute atomic E-state index is 0.213. The maximum absolute atomic E-state index is 6.05. The number of ether oxygens (including phenoxy) is 2. The quantitative estimate of drug-likeness (QED) is 0.562. The Hall–Kier alpha value is -3.13. The van der Waals surface area contributed by atoms with Gasteiger partial charge in [0.05, 0.1) is 23.8 Å². The number of hydrogen-bond acceptors (Lipinski definition) is 6. The maximum Gasteiger partial charge on any atom is 0.214 e. The van der Waals surface area contributed by atoms with E-state index in [0.717, 1.165) is 40.9 Å². The van der Waals surface area contributed by atoms with Crippen LogP contribution in [0.1, 0.15) is 25.3 Å². The van der Waals surface area contributed by atoms with Crippen molar-refractivity contribution in [2.24, 2.45) is 0 Å². The summed E-state index contributed by atoms with van der Waals surface area (Å²) in [6.45, 7) is 6.22. The number of pyridine rings is 2. The van der Waals surface area contributed by atoms with Crippen LogP contribution in [0.3, 0.4) is 0 Å². The summed E-state index contributed by atoms with van der Waals surface area (Å²) in [5, 5.41) is 4.28. The SMILES string of the molecule is COc1cc(-c2[nH]c3ccc(OC4CN(C)C4)nc3c2C(C)C)cn2ncnc12. The van der Waals surface area contributed by atoms with Crippen LogP contribution < -0.4 is 9.47 Å². The maximum atomic E-state index is 6.05. The molecule has 0 bridgehead atoms. The van der Waals surface area contributed by atoms with Gasteiger partial charge in [0.1, 0.15) is 12.4 Å². The number of rotatable bonds is 5. The average Bonchev–Trinajstić information content (AvgIpc) is 3.29. The van der Waals surface area contributed by atoms with Crippen molar-refractivity contribution >= 4 is 16.7 Å². The number of methoxy groups -OCH3 is 1. The molecule has 0 radical (unpaired) electrons. The molecular formula is C21H24N6O2. The molecule has 0 aliphatic carbocycles. The Bertz CT molecular complexity index is 1190. The number of hydrogen-bond donors (Lipinski definition) is 1. The fourth-order valence-corrected chi connectivity index (χ4v) is 3.99. The van der Waals surface area contributed by atoms with Crippen LogP contribution in [0.25, 0.3) is 27.9 Å². The van der Waals surface area contributed by atoms with E-state index in [2.05, 4.69) is 40.9 Å². The number of fused-ring (bicyclic) bond motifs is 2. The van der Waals surface area contributed by atoms with E-state index in [1.807, 2.05) is 24.4 Å². The molecule has 29 heavy (non-hydrogen) atoms. The van der Waals surface area contributed by atoms with Gasteiger partial charge in [-0.05, 0) is 25.1 Å². The highest BCUT2D eigenvalue weighted by molar-refractivity contribution is 5.89. The first-order chi connectivity index (χ1) is 14.0. The minimum atomic E-state index is 0.213. The largest absolute Gasteiger partial charge is 0.493 e. The summed E-state index contributed by atoms with van der Waals surface area (Å²) in [6, 6.07) is 5.97. The predicted molar refractivity (Wildman–Crippen MR) is 111 cm³/mol. The molecule has 0 atom stereocenters. The van der Waals surface area contributed by atoms with Gasteiger partial charge in [-0.3, -0.25) is 4.90 Å². The summed E-state index contributed by atoms with van der Waals surface area (Å²) in [7, 11) is 3.73. The van der Waals surface area contributed by atoms with Crippen LogP contribution >= 0.6 is 0 Å². The summed E-state index contributed by atoms with van der Waals surface area (Å²) in [5.41, 5.74) is 5.76. The van der Waals surface area contributed by atoms with Gasteiger partial charge in [0.15, 0.2) is 11.4 Å². The summed E-state index contributed by atoms with van der Waals surface area (Å²) in [5.74, 6) is 1.63. The van der Waals surface area contributed by atoms with Crippen molar-refractivity contribution in [1.29, 1.82) is 0 Å². The first kappa shape index (κ1) is 17.9. The van der Waals surface area contributed by atoms with Crippen LogP contribution in [0, 0.1) is 0 Å². The highest BCUT2D eigenvalue weighted by atomic mass is 16.5. The third-order valence-electron chi connectivity index (χ3n) is 5.40. The number of likely N-dealkylation sites (N-methyl/N-ethyl adjacent to an activating group) is 1. The Morgan fingerprint density at radius 1 is 1.24 bits per heavy atom. The molecule has 5 rings (SSSR count). The van der Waals surface area contributed by atoms with E-state index >= 15 is 0 Å². The summed E-state index contributed by atoms with van der Waals surface area (Å²) in [4.78, 5) is 14.9. The van der Waals surface area contributed by atoms with Crippen LogP contribution in [-0.4, -0.2) is 62.8 Å². The van der Waals surface area contributed by atoms with Crippen molar-refractivity contribution in [2.45, 2.75) is 25.9 Å². The van der Waals surface area contributed by atoms with Crippen LogP contribution in [0.15, 0.2) is 30.7 Å². The third kappa shape index (κ3) is 3.00. The standard InChI is InChI=1S/C21H24N6O2/c1-12(2)18-19(13-7-16(28-4)21-22-11-23-27(21)8-13)24-15-5-6-17(25-20(15)18)29-14-9-26(3)10-14/h5-8,11-12,14,24H,9-10H2,1-4H3. The first-order valence-corrected chi connectivity index (χ1v) is 9.79. The van der Waals surface area contributed by atoms with Gasteiger partial charge in [-0.1, -0.05) is 13.8 Å². The zero-order chi connectivity index (χ0) is 20.1. The molecule has 1 N–H and O–H groups in total. The highest BCUT2D eigenvalue weighted by Crippen LogP contribution is 2.37. The summed E-state index contributed by atoms with van der Waals surface area (Å²) < 4.78 is 13.3. The molecule has 4 aromatic rings. The van der Waals surface area contributed by atoms with Crippen LogP contribution in [0.4, 0.5) is 0 Å². The van der Waals surface area contributed by atoms with Gasteiger partial charge < -0.3 is 14.5 Å². The lowest BCUT2D eigenvalue weighted by atomic mass is 9.99. The second-order valence-corrected chi connectivity index (χ2v) is 7.90. The van der Waals surface area contributed by atoms with E-state index in [1.165, 1.54) is 6.33 Å². The fraction of sp³-hybridized carbons (Fsp3) is 0.381. The second-order valence-electron chi connectivity index (χ2n) is 7.90. The van der Waals surface area contributed by atoms with Gasteiger partial charge in [-0.15, -0.1) is 0 Å². The molecule has 0 unspecified atom stereocenters. The molecule has 0 aromatic carbocycles. The van der Waals surface area contributed by atoms with E-state index in [4.69, 9.17) is 14.5 Å². The van der Waals surface area contributed by atoms with Crippen molar-refractivity contribution in [3.05, 3.63) is 36.3 Å². The van der Waals surface area contributed by atoms with Gasteiger partial charge in [0, 0.05) is 36.5 Å². The fourth-order valence-electron chi connectivity index (χ4n) is 3.99. The van der Waals surface area contributed by atoms with Gasteiger partial charge in [0.2, 0.25) is 5.88 Å². The van der Waals surface area contributed by atoms with E-state index in [9.17, 15) is 0 Å². The van der Waals surface area contributed by atoms with Crippen molar-refractivity contribution < 1.29 is 9.47 Å². The molecule has 0 amide bonds. The molecule has 4 aromatic heterocycles. The van der Waals surface area contributed by atoms with Crippen molar-refractivity contribution in [3.63, 3.8) is 0 Å². The topological polar surface area (TPSA) is 80.6 Å². The Morgan fingerprint density at radius 2 is 2.07 bits per heavy atom. The van der Waals surface area contributed by atoms with E-state index in [0.29, 0.717) is 17.3 Å². The molecule has 8 heteroatoms. The van der Waals surface area contributed by atoms with Gasteiger partial charge in [-0.2, -0.15) is 5.10 Å². The van der Waals surface area contributed by atoms with E-state index in [1.54, 1.807) is 11.6 Å². The molecule has 1 fully saturated rings. The molecular weight excluding hydrogens is 368 g/mol. The molecule has 150 valence electrons. The van der Waals surface area contributed by atoms with Gasteiger partial charge in [0.25, 0.3) is 0 Å². The average molecular weight is 392 g/mol. The van der Waals surface area contributed by atoms with Crippen LogP contribution in [-0.2, 0) is 0 Å². The van der Waals surface area contributed by atoms with Gasteiger partial charge in [-0.25, -0.2) is 14.5 Å². The van der Waals surface area contributed by atoms with Crippen LogP contribution in [0.2, 0.25) is 0 Å². The number of H-pyrrole nitrogens is 1. The first-order valence-electron chi connectivity index (χ1n) is 9.79. The number of aromatic nitrogens is 5. The van der Waals surface area contributed by atoms with Crippen molar-refractivity contribution in [3.8, 4) is 22.9 Å². The smallest absolute Gasteiger partial charge is 0.214 e. The molecule has 5 heterocycles. The number of nitrogens with one attached hydrogen (secondary N) is 1. The minimum Gasteiger partial charge on any atom is -0.493 e. The molecule has 8 nitrogen and oxygen atoms in total. The number of aromatic amines is 1. The molecule has 0 saturated carbocycles. The summed E-state index contributed by atoms with van der Waals surface area (Å²) in [6.07, 6.45) is 3.70. The number of nitrogens with zero attached hydrogens (tertiary/aromatic N) is 5. The lowest BCUT2D eigenvalue weighted by Crippen LogP contribution is -2.51. The summed E-state index contributed by atoms with van der Waals surface area (Å²) >= 11 is 0. The molecule has 1 aliphatic heterocycles. The van der Waals surface area contributed by atoms with E-state index < -0.39 is 0 Å². The molecule has 1 aliphatic rings. The lowest BCUT2D eigenvalue weighted by Gasteiger charge is -2.35. The Labute approximate surface area is 168 Å². The Balaban J connectivity index is 1.63. The Kier molecular flexibility index (Phi) is 4.16. The van der Waals surface area contributed by atoms with E-state index in [-0.39, 0.29) is 12.0 Å². The number of likely N-dealkylation sites (tertiary alicyclic amines) is 1. The molecule has 0 spiro atoms. The monoisotopic (exact) mass is 392 g/mol. The predicted octanol–water partition coefficient (Wildman–Crippen LogP) is 3.10.